The quantitative estimate of drug-likeness (QED) is 0.846. The minimum atomic E-state index is -0.00963. The summed E-state index contributed by atoms with van der Waals surface area (Å²) in [4.78, 5) is 4.41. The molecule has 0 radical (unpaired) electrons. The van der Waals surface area contributed by atoms with Gasteiger partial charge in [0, 0.05) is 18.3 Å². The maximum Gasteiger partial charge on any atom is 0.135 e. The first-order valence-corrected chi connectivity index (χ1v) is 7.63. The van der Waals surface area contributed by atoms with Gasteiger partial charge in [0.15, 0.2) is 0 Å². The first-order valence-electron chi connectivity index (χ1n) is 7.63. The van der Waals surface area contributed by atoms with Crippen LogP contribution in [0.25, 0.3) is 0 Å². The van der Waals surface area contributed by atoms with Gasteiger partial charge in [-0.3, -0.25) is 0 Å². The Balaban J connectivity index is 1.65. The molecule has 0 spiro atoms. The fraction of sp³-hybridized carbons (Fsp3) is 0.353. The van der Waals surface area contributed by atoms with E-state index in [0.717, 1.165) is 34.9 Å². The predicted octanol–water partition coefficient (Wildman–Crippen LogP) is 3.23. The normalized spacial score (nSPS) is 23.5. The Morgan fingerprint density at radius 3 is 2.95 bits per heavy atom. The maximum absolute atomic E-state index is 5.87. The Labute approximate surface area is 129 Å². The molecule has 22 heavy (non-hydrogen) atoms. The molecule has 2 aliphatic heterocycles. The zero-order valence-corrected chi connectivity index (χ0v) is 12.5. The van der Waals surface area contributed by atoms with E-state index in [-0.39, 0.29) is 12.2 Å². The second-order valence-corrected chi connectivity index (χ2v) is 5.66. The molecule has 114 valence electrons. The topological polar surface area (TPSA) is 55.4 Å². The minimum Gasteiger partial charge on any atom is -0.379 e. The van der Waals surface area contributed by atoms with Crippen molar-refractivity contribution in [2.45, 2.75) is 25.7 Å². The Kier molecular flexibility index (Phi) is 3.44. The summed E-state index contributed by atoms with van der Waals surface area (Å²) in [6.07, 6.45) is 1.87. The highest BCUT2D eigenvalue weighted by atomic mass is 16.6. The highest BCUT2D eigenvalue weighted by Gasteiger charge is 2.25. The van der Waals surface area contributed by atoms with Gasteiger partial charge in [-0.25, -0.2) is 4.98 Å². The van der Waals surface area contributed by atoms with Gasteiger partial charge in [-0.1, -0.05) is 12.1 Å². The molecule has 1 aromatic heterocycles. The molecule has 0 unspecified atom stereocenters. The smallest absolute Gasteiger partial charge is 0.135 e. The third kappa shape index (κ3) is 2.42. The van der Waals surface area contributed by atoms with Crippen LogP contribution in [0.15, 0.2) is 36.5 Å². The molecule has 0 bridgehead atoms. The lowest BCUT2D eigenvalue weighted by Gasteiger charge is -2.30. The molecule has 1 saturated heterocycles. The van der Waals surface area contributed by atoms with Crippen LogP contribution in [0.4, 0.5) is 17.2 Å². The molecule has 2 atom stereocenters. The number of hydrogen-bond acceptors (Lipinski definition) is 5. The summed E-state index contributed by atoms with van der Waals surface area (Å²) in [5, 5.41) is 6.88. The van der Waals surface area contributed by atoms with E-state index in [4.69, 9.17) is 9.47 Å². The summed E-state index contributed by atoms with van der Waals surface area (Å²) in [6, 6.07) is 10.3. The summed E-state index contributed by atoms with van der Waals surface area (Å²) in [5.74, 6) is 0.909. The molecular weight excluding hydrogens is 278 g/mol. The van der Waals surface area contributed by atoms with E-state index >= 15 is 0 Å². The van der Waals surface area contributed by atoms with Crippen LogP contribution in [0.5, 0.6) is 0 Å². The average molecular weight is 297 g/mol. The van der Waals surface area contributed by atoms with Gasteiger partial charge in [-0.05, 0) is 30.7 Å². The van der Waals surface area contributed by atoms with E-state index in [1.807, 2.05) is 6.07 Å². The number of fused-ring (bicyclic) bond motifs is 2. The molecule has 5 heteroatoms. The molecule has 2 aliphatic rings. The first-order chi connectivity index (χ1) is 10.8. The Bertz CT molecular complexity index is 689. The third-order valence-electron chi connectivity index (χ3n) is 4.17. The molecule has 1 aromatic carbocycles. The largest absolute Gasteiger partial charge is 0.379 e. The Hall–Kier alpha value is -2.11. The number of anilines is 3. The van der Waals surface area contributed by atoms with Crippen molar-refractivity contribution in [3.8, 4) is 0 Å². The SMILES string of the molecule is C[C@H]1OCCO[C@H]1c1ccc2c(c1)NCc1cccnc1N2. The average Bonchev–Trinajstić information content (AvgIpc) is 2.74. The lowest BCUT2D eigenvalue weighted by molar-refractivity contribution is -0.134. The zero-order chi connectivity index (χ0) is 14.9. The fourth-order valence-electron chi connectivity index (χ4n) is 3.01. The van der Waals surface area contributed by atoms with Crippen molar-refractivity contribution in [1.29, 1.82) is 0 Å². The second-order valence-electron chi connectivity index (χ2n) is 5.66. The van der Waals surface area contributed by atoms with Gasteiger partial charge in [0.2, 0.25) is 0 Å². The van der Waals surface area contributed by atoms with Gasteiger partial charge in [-0.2, -0.15) is 0 Å². The van der Waals surface area contributed by atoms with Gasteiger partial charge < -0.3 is 20.1 Å². The van der Waals surface area contributed by atoms with Gasteiger partial charge >= 0.3 is 0 Å². The number of benzene rings is 1. The van der Waals surface area contributed by atoms with E-state index in [1.165, 1.54) is 0 Å². The maximum atomic E-state index is 5.87. The van der Waals surface area contributed by atoms with Crippen molar-refractivity contribution in [3.63, 3.8) is 0 Å². The summed E-state index contributed by atoms with van der Waals surface area (Å²) in [6.45, 7) is 4.13. The van der Waals surface area contributed by atoms with E-state index in [1.54, 1.807) is 6.20 Å². The molecule has 3 heterocycles. The molecule has 4 rings (SSSR count). The number of pyridine rings is 1. The van der Waals surface area contributed by atoms with Crippen LogP contribution >= 0.6 is 0 Å². The van der Waals surface area contributed by atoms with Crippen molar-refractivity contribution in [2.24, 2.45) is 0 Å². The van der Waals surface area contributed by atoms with Crippen LogP contribution in [0.2, 0.25) is 0 Å². The van der Waals surface area contributed by atoms with E-state index < -0.39 is 0 Å². The minimum absolute atomic E-state index is 0.00963. The van der Waals surface area contributed by atoms with Crippen LogP contribution in [-0.4, -0.2) is 24.3 Å². The summed E-state index contributed by atoms with van der Waals surface area (Å²) in [5.41, 5.74) is 4.40. The number of aromatic nitrogens is 1. The second kappa shape index (κ2) is 5.59. The van der Waals surface area contributed by atoms with E-state index in [2.05, 4.69) is 46.8 Å². The van der Waals surface area contributed by atoms with Crippen LogP contribution in [0.1, 0.15) is 24.2 Å². The zero-order valence-electron chi connectivity index (χ0n) is 12.5. The molecule has 2 N–H and O–H groups in total. The van der Waals surface area contributed by atoms with Crippen LogP contribution in [0.3, 0.4) is 0 Å². The van der Waals surface area contributed by atoms with Crippen molar-refractivity contribution in [2.75, 3.05) is 23.8 Å². The van der Waals surface area contributed by atoms with E-state index in [9.17, 15) is 0 Å². The molecule has 1 fully saturated rings. The summed E-state index contributed by atoms with van der Waals surface area (Å²) in [7, 11) is 0. The van der Waals surface area contributed by atoms with Crippen molar-refractivity contribution >= 4 is 17.2 Å². The third-order valence-corrected chi connectivity index (χ3v) is 4.17. The first kappa shape index (κ1) is 13.5. The Morgan fingerprint density at radius 1 is 1.14 bits per heavy atom. The van der Waals surface area contributed by atoms with Gasteiger partial charge in [0.05, 0.1) is 30.7 Å². The van der Waals surface area contributed by atoms with Crippen molar-refractivity contribution in [1.82, 2.24) is 4.98 Å². The molecule has 0 amide bonds. The fourth-order valence-corrected chi connectivity index (χ4v) is 3.01. The number of nitrogens with zero attached hydrogens (tertiary/aromatic N) is 1. The molecular formula is C17H19N3O2. The van der Waals surface area contributed by atoms with Gasteiger partial charge in [0.25, 0.3) is 0 Å². The highest BCUT2D eigenvalue weighted by Crippen LogP contribution is 2.35. The standard InChI is InChI=1S/C17H19N3O2/c1-11-16(22-8-7-21-11)12-4-5-14-15(9-12)19-10-13-3-2-6-18-17(13)20-14/h2-6,9,11,16,19H,7-8,10H2,1H3,(H,18,20)/t11-,16-/m1/s1. The summed E-state index contributed by atoms with van der Waals surface area (Å²) >= 11 is 0. The van der Waals surface area contributed by atoms with Gasteiger partial charge in [0.1, 0.15) is 11.9 Å². The number of ether oxygens (including phenoxy) is 2. The number of hydrogen-bond donors (Lipinski definition) is 2. The predicted molar refractivity (Wildman–Crippen MR) is 85.4 cm³/mol. The van der Waals surface area contributed by atoms with Crippen molar-refractivity contribution in [3.05, 3.63) is 47.7 Å². The molecule has 0 aliphatic carbocycles. The highest BCUT2D eigenvalue weighted by molar-refractivity contribution is 5.77. The molecule has 5 nitrogen and oxygen atoms in total. The van der Waals surface area contributed by atoms with Gasteiger partial charge in [-0.15, -0.1) is 0 Å². The molecule has 2 aromatic rings. The van der Waals surface area contributed by atoms with E-state index in [0.29, 0.717) is 13.2 Å². The summed E-state index contributed by atoms with van der Waals surface area (Å²) < 4.78 is 11.6. The van der Waals surface area contributed by atoms with Crippen LogP contribution in [0, 0.1) is 0 Å². The lowest BCUT2D eigenvalue weighted by atomic mass is 10.0. The van der Waals surface area contributed by atoms with Crippen LogP contribution in [-0.2, 0) is 16.0 Å². The monoisotopic (exact) mass is 297 g/mol. The Morgan fingerprint density at radius 2 is 2.05 bits per heavy atom. The lowest BCUT2D eigenvalue weighted by Crippen LogP contribution is -2.29. The van der Waals surface area contributed by atoms with Crippen molar-refractivity contribution < 1.29 is 9.47 Å². The van der Waals surface area contributed by atoms with Crippen LogP contribution < -0.4 is 10.6 Å². The number of nitrogens with one attached hydrogen (secondary N) is 2. The molecule has 0 saturated carbocycles. The number of rotatable bonds is 1.